The van der Waals surface area contributed by atoms with Crippen molar-refractivity contribution >= 4 is 23.5 Å². The van der Waals surface area contributed by atoms with Crippen molar-refractivity contribution in [2.45, 2.75) is 82.6 Å². The number of nitrogens with zero attached hydrogens (tertiary/aromatic N) is 1. The molecule has 5 nitrogen and oxygen atoms in total. The zero-order chi connectivity index (χ0) is 21.2. The topological polar surface area (TPSA) is 76.7 Å². The number of ether oxygens (including phenoxy) is 1. The third-order valence-electron chi connectivity index (χ3n) is 6.48. The molecular weight excluding hydrogens is 398 g/mol. The molecule has 0 radical (unpaired) electrons. The van der Waals surface area contributed by atoms with Crippen molar-refractivity contribution in [3.8, 4) is 0 Å². The number of nitrogens with one attached hydrogen (secondary N) is 1. The second-order valence-corrected chi connectivity index (χ2v) is 9.12. The van der Waals surface area contributed by atoms with E-state index in [0.29, 0.717) is 5.56 Å². The van der Waals surface area contributed by atoms with Crippen LogP contribution in [0.4, 0.5) is 0 Å². The molecule has 0 aliphatic heterocycles. The van der Waals surface area contributed by atoms with Crippen molar-refractivity contribution in [1.29, 1.82) is 0 Å². The van der Waals surface area contributed by atoms with E-state index < -0.39 is 5.54 Å². The monoisotopic (exact) mass is 433 g/mol. The Hall–Kier alpha value is -1.59. The zero-order valence-electron chi connectivity index (χ0n) is 18.0. The number of amides is 1. The summed E-state index contributed by atoms with van der Waals surface area (Å²) in [6, 6.07) is 7.86. The van der Waals surface area contributed by atoms with Gasteiger partial charge in [0.15, 0.2) is 0 Å². The number of amidine groups is 1. The molecule has 2 fully saturated rings. The van der Waals surface area contributed by atoms with Crippen molar-refractivity contribution < 1.29 is 9.53 Å². The number of nitrogens with two attached hydrogens (primary N) is 1. The van der Waals surface area contributed by atoms with Gasteiger partial charge >= 0.3 is 0 Å². The summed E-state index contributed by atoms with van der Waals surface area (Å²) in [6.07, 6.45) is 14.2. The molecule has 0 bridgehead atoms. The first-order valence-electron chi connectivity index (χ1n) is 11.6. The van der Waals surface area contributed by atoms with Gasteiger partial charge in [-0.25, -0.2) is 0 Å². The van der Waals surface area contributed by atoms with Crippen molar-refractivity contribution in [3.63, 3.8) is 0 Å². The maximum absolute atomic E-state index is 12.4. The van der Waals surface area contributed by atoms with Crippen molar-refractivity contribution in [1.82, 2.24) is 5.32 Å². The molecule has 1 amide bonds. The molecule has 166 valence electrons. The lowest BCUT2D eigenvalue weighted by atomic mass is 10.0. The Morgan fingerprint density at radius 1 is 1.10 bits per heavy atom. The normalized spacial score (nSPS) is 18.5. The minimum atomic E-state index is -0.543. The second kappa shape index (κ2) is 11.7. The summed E-state index contributed by atoms with van der Waals surface area (Å²) in [5.41, 5.74) is 7.17. The van der Waals surface area contributed by atoms with Gasteiger partial charge in [-0.3, -0.25) is 4.79 Å². The van der Waals surface area contributed by atoms with Gasteiger partial charge in [0.05, 0.1) is 5.54 Å². The molecule has 3 rings (SSSR count). The summed E-state index contributed by atoms with van der Waals surface area (Å²) in [5, 5.41) is 2.96. The van der Waals surface area contributed by atoms with E-state index >= 15 is 0 Å². The van der Waals surface area contributed by atoms with E-state index in [9.17, 15) is 4.79 Å². The first-order valence-corrected chi connectivity index (χ1v) is 11.9. The number of hydrogen-bond acceptors (Lipinski definition) is 3. The summed E-state index contributed by atoms with van der Waals surface area (Å²) in [7, 11) is 0. The molecule has 2 aliphatic carbocycles. The molecular formula is C24H36ClN3O2. The minimum Gasteiger partial charge on any atom is -0.384 e. The van der Waals surface area contributed by atoms with E-state index in [1.165, 1.54) is 63.4 Å². The number of rotatable bonds is 13. The maximum atomic E-state index is 12.4. The number of carbonyl (C=O) groups excluding carboxylic acids is 1. The SMILES string of the molecule is NC(=NCl)C1(NC(=O)c2ccc(CCCCCCCOCC3CCCC3)cc2)CC1. The van der Waals surface area contributed by atoms with Gasteiger partial charge < -0.3 is 15.8 Å². The van der Waals surface area contributed by atoms with Crippen LogP contribution < -0.4 is 11.1 Å². The summed E-state index contributed by atoms with van der Waals surface area (Å²) < 4.78 is 9.34. The Morgan fingerprint density at radius 3 is 2.43 bits per heavy atom. The molecule has 1 aromatic carbocycles. The summed E-state index contributed by atoms with van der Waals surface area (Å²) in [5.74, 6) is 0.988. The van der Waals surface area contributed by atoms with Crippen molar-refractivity contribution in [2.75, 3.05) is 13.2 Å². The van der Waals surface area contributed by atoms with Gasteiger partial charge in [0, 0.05) is 30.6 Å². The summed E-state index contributed by atoms with van der Waals surface area (Å²) >= 11 is 5.46. The molecule has 0 aromatic heterocycles. The maximum Gasteiger partial charge on any atom is 0.252 e. The highest BCUT2D eigenvalue weighted by Crippen LogP contribution is 2.36. The number of aryl methyl sites for hydroxylation is 1. The van der Waals surface area contributed by atoms with Gasteiger partial charge in [-0.15, -0.1) is 0 Å². The molecule has 30 heavy (non-hydrogen) atoms. The van der Waals surface area contributed by atoms with Crippen LogP contribution in [-0.2, 0) is 11.2 Å². The largest absolute Gasteiger partial charge is 0.384 e. The molecule has 3 N–H and O–H groups in total. The first-order chi connectivity index (χ1) is 14.6. The highest BCUT2D eigenvalue weighted by atomic mass is 35.5. The number of benzene rings is 1. The van der Waals surface area contributed by atoms with Crippen molar-refractivity contribution in [3.05, 3.63) is 35.4 Å². The van der Waals surface area contributed by atoms with Crippen LogP contribution in [0.15, 0.2) is 28.8 Å². The van der Waals surface area contributed by atoms with E-state index in [1.807, 2.05) is 24.3 Å². The third kappa shape index (κ3) is 6.98. The quantitative estimate of drug-likeness (QED) is 0.256. The predicted molar refractivity (Wildman–Crippen MR) is 123 cm³/mol. The summed E-state index contributed by atoms with van der Waals surface area (Å²) in [6.45, 7) is 1.90. The number of unbranched alkanes of at least 4 members (excludes halogenated alkanes) is 4. The van der Waals surface area contributed by atoms with Crippen molar-refractivity contribution in [2.24, 2.45) is 16.2 Å². The second-order valence-electron chi connectivity index (χ2n) is 8.95. The zero-order valence-corrected chi connectivity index (χ0v) is 18.8. The number of hydrogen-bond donors (Lipinski definition) is 2. The van der Waals surface area contributed by atoms with Crippen LogP contribution in [0.1, 0.15) is 86.6 Å². The van der Waals surface area contributed by atoms with Crippen LogP contribution in [0.2, 0.25) is 0 Å². The van der Waals surface area contributed by atoms with E-state index in [0.717, 1.165) is 38.4 Å². The van der Waals surface area contributed by atoms with Crippen LogP contribution in [-0.4, -0.2) is 30.5 Å². The molecule has 0 unspecified atom stereocenters. The number of carbonyl (C=O) groups is 1. The average Bonchev–Trinajstić information content (AvgIpc) is 3.36. The molecule has 0 spiro atoms. The lowest BCUT2D eigenvalue weighted by Gasteiger charge is -2.16. The standard InChI is InChI=1S/C24H36ClN3O2/c25-28-23(26)24(15-16-24)27-22(29)21-13-11-19(12-14-21)8-4-2-1-3-7-17-30-18-20-9-5-6-10-20/h11-14,20H,1-10,15-18H2,(H2,26,28)(H,27,29). The van der Waals surface area contributed by atoms with Gasteiger partial charge in [-0.05, 0) is 68.6 Å². The van der Waals surface area contributed by atoms with Gasteiger partial charge in [0.2, 0.25) is 0 Å². The van der Waals surface area contributed by atoms with Gasteiger partial charge in [-0.2, -0.15) is 4.51 Å². The van der Waals surface area contributed by atoms with E-state index in [2.05, 4.69) is 9.83 Å². The molecule has 2 saturated carbocycles. The van der Waals surface area contributed by atoms with E-state index in [1.54, 1.807) is 0 Å². The van der Waals surface area contributed by atoms with Crippen LogP contribution in [0, 0.1) is 5.92 Å². The number of halogens is 1. The van der Waals surface area contributed by atoms with E-state index in [4.69, 9.17) is 22.2 Å². The highest BCUT2D eigenvalue weighted by molar-refractivity contribution is 6.21. The fourth-order valence-electron chi connectivity index (χ4n) is 4.25. The predicted octanol–water partition coefficient (Wildman–Crippen LogP) is 5.16. The Labute approximate surface area is 185 Å². The van der Waals surface area contributed by atoms with Gasteiger partial charge in [-0.1, -0.05) is 44.2 Å². The Kier molecular flexibility index (Phi) is 9.01. The molecule has 2 aliphatic rings. The highest BCUT2D eigenvalue weighted by Gasteiger charge is 2.48. The smallest absolute Gasteiger partial charge is 0.252 e. The Morgan fingerprint density at radius 2 is 1.77 bits per heavy atom. The minimum absolute atomic E-state index is 0.127. The summed E-state index contributed by atoms with van der Waals surface area (Å²) in [4.78, 5) is 12.4. The molecule has 6 heteroatoms. The van der Waals surface area contributed by atoms with Crippen LogP contribution in [0.3, 0.4) is 0 Å². The third-order valence-corrected chi connectivity index (χ3v) is 6.66. The molecule has 1 aromatic rings. The lowest BCUT2D eigenvalue weighted by Crippen LogP contribution is -2.46. The van der Waals surface area contributed by atoms with Crippen LogP contribution >= 0.6 is 11.8 Å². The Bertz CT molecular complexity index is 695. The fraction of sp³-hybridized carbons (Fsp3) is 0.667. The van der Waals surface area contributed by atoms with Gasteiger partial charge in [0.1, 0.15) is 5.84 Å². The fourth-order valence-corrected chi connectivity index (χ4v) is 4.42. The molecule has 0 saturated heterocycles. The van der Waals surface area contributed by atoms with Crippen LogP contribution in [0.25, 0.3) is 0 Å². The average molecular weight is 434 g/mol. The van der Waals surface area contributed by atoms with Gasteiger partial charge in [0.25, 0.3) is 5.91 Å². The molecule has 0 atom stereocenters. The molecule has 0 heterocycles. The van der Waals surface area contributed by atoms with E-state index in [-0.39, 0.29) is 11.7 Å². The van der Waals surface area contributed by atoms with Crippen LogP contribution in [0.5, 0.6) is 0 Å². The lowest BCUT2D eigenvalue weighted by molar-refractivity contribution is 0.0943. The first kappa shape index (κ1) is 23.1. The Balaban J connectivity index is 1.24.